The standard InChI is InChI=1S/C59H33N5O/c60-34-37-33-49(54-42-25-11-16-30-50(42)65-55(54)51(37)58-62-56(35-17-3-1-4-18-35)61-57(63-58)36-19-5-2-6-20-36)64-47-29-15-10-24-41(47)53-48(64)32-31-46-52(53)40-23-9-14-28-45(40)59(46)43-26-12-7-21-38(43)39-22-8-13-27-44(39)59/h1-33H. The molecular weight excluding hydrogens is 795 g/mol. The number of aromatic nitrogens is 4. The van der Waals surface area contributed by atoms with Crippen molar-refractivity contribution in [3.05, 3.63) is 228 Å². The van der Waals surface area contributed by atoms with Gasteiger partial charge in [-0.1, -0.05) is 176 Å². The van der Waals surface area contributed by atoms with Gasteiger partial charge in [0, 0.05) is 27.3 Å². The van der Waals surface area contributed by atoms with E-state index in [4.69, 9.17) is 19.4 Å². The van der Waals surface area contributed by atoms with Crippen molar-refractivity contribution in [3.63, 3.8) is 0 Å². The number of hydrogen-bond donors (Lipinski definition) is 0. The van der Waals surface area contributed by atoms with Crippen molar-refractivity contribution >= 4 is 43.7 Å². The van der Waals surface area contributed by atoms with Gasteiger partial charge in [0.25, 0.3) is 0 Å². The first-order chi connectivity index (χ1) is 32.2. The first-order valence-electron chi connectivity index (χ1n) is 21.8. The molecule has 9 aromatic carbocycles. The van der Waals surface area contributed by atoms with E-state index in [2.05, 4.69) is 126 Å². The molecule has 2 aliphatic rings. The summed E-state index contributed by atoms with van der Waals surface area (Å²) in [7, 11) is 0. The quantitative estimate of drug-likeness (QED) is 0.176. The summed E-state index contributed by atoms with van der Waals surface area (Å²) in [6.07, 6.45) is 0. The number of rotatable bonds is 4. The van der Waals surface area contributed by atoms with Gasteiger partial charge in [0.1, 0.15) is 17.2 Å². The highest BCUT2D eigenvalue weighted by Gasteiger charge is 2.52. The van der Waals surface area contributed by atoms with Crippen LogP contribution < -0.4 is 0 Å². The predicted octanol–water partition coefficient (Wildman–Crippen LogP) is 14.1. The Hall–Kier alpha value is -8.92. The fourth-order valence-corrected chi connectivity index (χ4v) is 11.2. The number of fused-ring (bicyclic) bond motifs is 17. The molecule has 1 spiro atoms. The molecule has 0 fully saturated rings. The zero-order valence-corrected chi connectivity index (χ0v) is 34.7. The lowest BCUT2D eigenvalue weighted by Crippen LogP contribution is -2.25. The molecule has 6 nitrogen and oxygen atoms in total. The molecule has 0 aliphatic heterocycles. The summed E-state index contributed by atoms with van der Waals surface area (Å²) in [5.41, 5.74) is 16.5. The van der Waals surface area contributed by atoms with E-state index < -0.39 is 5.41 Å². The lowest BCUT2D eigenvalue weighted by Gasteiger charge is -2.30. The van der Waals surface area contributed by atoms with E-state index in [1.165, 1.54) is 49.9 Å². The summed E-state index contributed by atoms with van der Waals surface area (Å²) in [5.74, 6) is 1.38. The molecule has 65 heavy (non-hydrogen) atoms. The second-order valence-corrected chi connectivity index (χ2v) is 16.9. The number of furan rings is 1. The van der Waals surface area contributed by atoms with E-state index in [0.29, 0.717) is 39.8 Å². The highest BCUT2D eigenvalue weighted by Crippen LogP contribution is 2.64. The molecule has 0 radical (unpaired) electrons. The van der Waals surface area contributed by atoms with E-state index in [1.54, 1.807) is 0 Å². The second kappa shape index (κ2) is 13.3. The fraction of sp³-hybridized carbons (Fsp3) is 0.0169. The minimum absolute atomic E-state index is 0.365. The number of para-hydroxylation sites is 2. The maximum absolute atomic E-state index is 11.3. The third-order valence-electron chi connectivity index (χ3n) is 13.7. The Morgan fingerprint density at radius 2 is 0.985 bits per heavy atom. The van der Waals surface area contributed by atoms with Gasteiger partial charge in [0.05, 0.1) is 38.6 Å². The number of benzene rings is 9. The molecule has 0 saturated carbocycles. The molecule has 0 atom stereocenters. The van der Waals surface area contributed by atoms with E-state index in [0.717, 1.165) is 44.0 Å². The molecule has 2 aliphatic carbocycles. The Bertz CT molecular complexity index is 3920. The van der Waals surface area contributed by atoms with Gasteiger partial charge in [-0.25, -0.2) is 15.0 Å². The summed E-state index contributed by atoms with van der Waals surface area (Å²) < 4.78 is 9.26. The molecule has 14 rings (SSSR count). The maximum Gasteiger partial charge on any atom is 0.169 e. The Kier molecular flexibility index (Phi) is 7.29. The van der Waals surface area contributed by atoms with Gasteiger partial charge in [-0.3, -0.25) is 0 Å². The summed E-state index contributed by atoms with van der Waals surface area (Å²) in [4.78, 5) is 15.2. The zero-order chi connectivity index (χ0) is 42.8. The van der Waals surface area contributed by atoms with Crippen LogP contribution in [-0.4, -0.2) is 19.5 Å². The normalized spacial score (nSPS) is 13.0. The predicted molar refractivity (Wildman–Crippen MR) is 259 cm³/mol. The average Bonchev–Trinajstić information content (AvgIpc) is 4.10. The van der Waals surface area contributed by atoms with Gasteiger partial charge >= 0.3 is 0 Å². The van der Waals surface area contributed by atoms with Crippen molar-refractivity contribution in [2.75, 3.05) is 0 Å². The molecule has 0 unspecified atom stereocenters. The maximum atomic E-state index is 11.3. The van der Waals surface area contributed by atoms with Crippen LogP contribution in [0.25, 0.3) is 106 Å². The van der Waals surface area contributed by atoms with E-state index in [1.807, 2.05) is 84.9 Å². The summed E-state index contributed by atoms with van der Waals surface area (Å²) >= 11 is 0. The fourth-order valence-electron chi connectivity index (χ4n) is 11.2. The van der Waals surface area contributed by atoms with Crippen molar-refractivity contribution in [2.24, 2.45) is 0 Å². The molecule has 0 bridgehead atoms. The van der Waals surface area contributed by atoms with Crippen LogP contribution in [0, 0.1) is 11.3 Å². The van der Waals surface area contributed by atoms with E-state index in [9.17, 15) is 5.26 Å². The monoisotopic (exact) mass is 827 g/mol. The molecule has 3 heterocycles. The first kappa shape index (κ1) is 35.7. The number of nitriles is 1. The Morgan fingerprint density at radius 3 is 1.65 bits per heavy atom. The van der Waals surface area contributed by atoms with E-state index in [-0.39, 0.29) is 0 Å². The van der Waals surface area contributed by atoms with Crippen LogP contribution in [0.15, 0.2) is 205 Å². The van der Waals surface area contributed by atoms with Gasteiger partial charge in [-0.2, -0.15) is 5.26 Å². The highest BCUT2D eigenvalue weighted by molar-refractivity contribution is 6.21. The minimum Gasteiger partial charge on any atom is -0.455 e. The molecule has 0 amide bonds. The van der Waals surface area contributed by atoms with Crippen LogP contribution in [-0.2, 0) is 5.41 Å². The van der Waals surface area contributed by atoms with Gasteiger partial charge in [-0.05, 0) is 68.8 Å². The summed E-state index contributed by atoms with van der Waals surface area (Å²) in [6.45, 7) is 0. The third-order valence-corrected chi connectivity index (χ3v) is 13.7. The van der Waals surface area contributed by atoms with Crippen LogP contribution in [0.5, 0.6) is 0 Å². The number of nitrogens with zero attached hydrogens (tertiary/aromatic N) is 5. The average molecular weight is 828 g/mol. The molecule has 0 N–H and O–H groups in total. The molecule has 3 aromatic heterocycles. The molecule has 300 valence electrons. The van der Waals surface area contributed by atoms with Gasteiger partial charge in [0.15, 0.2) is 17.5 Å². The molecular formula is C59H33N5O. The molecule has 6 heteroatoms. The van der Waals surface area contributed by atoms with Gasteiger partial charge < -0.3 is 8.98 Å². The van der Waals surface area contributed by atoms with Crippen molar-refractivity contribution in [2.45, 2.75) is 5.41 Å². The molecule has 0 saturated heterocycles. The largest absolute Gasteiger partial charge is 0.455 e. The smallest absolute Gasteiger partial charge is 0.169 e. The lowest BCUT2D eigenvalue weighted by atomic mass is 9.70. The van der Waals surface area contributed by atoms with Crippen LogP contribution in [0.1, 0.15) is 27.8 Å². The van der Waals surface area contributed by atoms with Crippen LogP contribution >= 0.6 is 0 Å². The second-order valence-electron chi connectivity index (χ2n) is 16.9. The van der Waals surface area contributed by atoms with Gasteiger partial charge in [0.2, 0.25) is 0 Å². The Morgan fingerprint density at radius 1 is 0.446 bits per heavy atom. The highest BCUT2D eigenvalue weighted by atomic mass is 16.3. The van der Waals surface area contributed by atoms with Crippen molar-refractivity contribution in [1.82, 2.24) is 19.5 Å². The summed E-state index contributed by atoms with van der Waals surface area (Å²) in [6, 6.07) is 72.6. The zero-order valence-electron chi connectivity index (χ0n) is 34.7. The van der Waals surface area contributed by atoms with E-state index >= 15 is 0 Å². The topological polar surface area (TPSA) is 80.5 Å². The third kappa shape index (κ3) is 4.73. The van der Waals surface area contributed by atoms with Crippen LogP contribution in [0.4, 0.5) is 0 Å². The minimum atomic E-state index is -0.484. The first-order valence-corrected chi connectivity index (χ1v) is 21.8. The summed E-state index contributed by atoms with van der Waals surface area (Å²) in [5, 5.41) is 15.4. The van der Waals surface area contributed by atoms with Crippen LogP contribution in [0.3, 0.4) is 0 Å². The molecule has 12 aromatic rings. The lowest BCUT2D eigenvalue weighted by molar-refractivity contribution is 0.669. The Labute approximate surface area is 373 Å². The van der Waals surface area contributed by atoms with Crippen molar-refractivity contribution in [1.29, 1.82) is 5.26 Å². The SMILES string of the molecule is N#Cc1cc(-n2c3ccccc3c3c4c(ccc32)C2(c3ccccc3-c3ccccc32)c2ccccc2-4)c2c(oc3ccccc32)c1-c1nc(-c2ccccc2)nc(-c2ccccc2)n1. The van der Waals surface area contributed by atoms with Crippen LogP contribution in [0.2, 0.25) is 0 Å². The van der Waals surface area contributed by atoms with Crippen molar-refractivity contribution < 1.29 is 4.42 Å². The Balaban J connectivity index is 1.09. The number of hydrogen-bond acceptors (Lipinski definition) is 5. The van der Waals surface area contributed by atoms with Gasteiger partial charge in [-0.15, -0.1) is 0 Å². The van der Waals surface area contributed by atoms with Crippen molar-refractivity contribution in [3.8, 4) is 68.2 Å².